The summed E-state index contributed by atoms with van der Waals surface area (Å²) in [6.45, 7) is 8.06. The largest absolute Gasteiger partial charge is 0.466 e. The zero-order valence-electron chi connectivity index (χ0n) is 19.8. The van der Waals surface area contributed by atoms with Gasteiger partial charge in [-0.3, -0.25) is 19.2 Å². The minimum absolute atomic E-state index is 0.131. The molecule has 0 saturated heterocycles. The van der Waals surface area contributed by atoms with Gasteiger partial charge in [0.15, 0.2) is 11.6 Å². The van der Waals surface area contributed by atoms with Crippen LogP contribution in [0.3, 0.4) is 0 Å². The van der Waals surface area contributed by atoms with E-state index in [4.69, 9.17) is 15.2 Å². The fourth-order valence-electron chi connectivity index (χ4n) is 2.66. The molecular formula is C21H31N5O8. The van der Waals surface area contributed by atoms with Crippen molar-refractivity contribution in [2.45, 2.75) is 47.1 Å². The topological polar surface area (TPSA) is 175 Å². The van der Waals surface area contributed by atoms with Gasteiger partial charge >= 0.3 is 23.9 Å². The van der Waals surface area contributed by atoms with E-state index in [1.807, 2.05) is 0 Å². The van der Waals surface area contributed by atoms with Gasteiger partial charge in [0.1, 0.15) is 11.9 Å². The number of aryl methyl sites for hydroxylation is 1. The highest BCUT2D eigenvalue weighted by Crippen LogP contribution is 2.15. The Morgan fingerprint density at radius 3 is 1.91 bits per heavy atom. The maximum atomic E-state index is 11.9. The number of ether oxygens (including phenoxy) is 4. The molecule has 0 aliphatic rings. The Morgan fingerprint density at radius 1 is 0.882 bits per heavy atom. The number of nitrogens with two attached hydrogens (primary N) is 1. The van der Waals surface area contributed by atoms with E-state index in [9.17, 15) is 19.2 Å². The van der Waals surface area contributed by atoms with Crippen LogP contribution in [-0.2, 0) is 44.7 Å². The standard InChI is InChI=1S/C14H19N5O4.C7H12O4/c1-3-22-12(20)9(13(21)23-4-2)5-6-19-8-17-10-7-16-14(15)18-11(10)19;1-3-10-6(8)5-7(9)11-4-2/h7-9H,3-6H2,1-2H3,(H2,15,16,18);3-5H2,1-2H3. The summed E-state index contributed by atoms with van der Waals surface area (Å²) in [5.41, 5.74) is 6.70. The maximum absolute atomic E-state index is 11.9. The van der Waals surface area contributed by atoms with Gasteiger partial charge in [-0.1, -0.05) is 0 Å². The Kier molecular flexibility index (Phi) is 12.6. The third-order valence-electron chi connectivity index (χ3n) is 4.08. The van der Waals surface area contributed by atoms with E-state index in [2.05, 4.69) is 24.4 Å². The number of imidazole rings is 1. The molecule has 0 amide bonds. The van der Waals surface area contributed by atoms with Crippen molar-refractivity contribution in [3.05, 3.63) is 12.5 Å². The van der Waals surface area contributed by atoms with Gasteiger partial charge in [0, 0.05) is 6.54 Å². The zero-order valence-corrected chi connectivity index (χ0v) is 19.8. The predicted molar refractivity (Wildman–Crippen MR) is 119 cm³/mol. The van der Waals surface area contributed by atoms with Crippen LogP contribution in [0, 0.1) is 5.92 Å². The molecule has 0 aliphatic heterocycles. The molecule has 0 aromatic carbocycles. The number of nitrogen functional groups attached to an aromatic ring is 1. The molecule has 0 fully saturated rings. The molecule has 188 valence electrons. The number of fused-ring (bicyclic) bond motifs is 1. The van der Waals surface area contributed by atoms with Gasteiger partial charge in [-0.25, -0.2) is 9.97 Å². The molecule has 13 nitrogen and oxygen atoms in total. The first-order chi connectivity index (χ1) is 16.3. The first kappa shape index (κ1) is 28.3. The summed E-state index contributed by atoms with van der Waals surface area (Å²) < 4.78 is 20.6. The molecule has 0 spiro atoms. The van der Waals surface area contributed by atoms with Crippen molar-refractivity contribution in [1.29, 1.82) is 0 Å². The third-order valence-corrected chi connectivity index (χ3v) is 4.08. The Balaban J connectivity index is 0.000000445. The van der Waals surface area contributed by atoms with Crippen molar-refractivity contribution < 1.29 is 38.1 Å². The van der Waals surface area contributed by atoms with E-state index in [1.165, 1.54) is 6.20 Å². The SMILES string of the molecule is CCOC(=O)C(CCn1cnc2cnc(N)nc21)C(=O)OCC.CCOC(=O)CC(=O)OCC. The highest BCUT2D eigenvalue weighted by molar-refractivity contribution is 5.94. The minimum Gasteiger partial charge on any atom is -0.466 e. The molecule has 0 aliphatic carbocycles. The lowest BCUT2D eigenvalue weighted by atomic mass is 10.1. The second-order valence-corrected chi connectivity index (χ2v) is 6.51. The molecule has 2 aromatic heterocycles. The quantitative estimate of drug-likeness (QED) is 0.275. The van der Waals surface area contributed by atoms with Crippen LogP contribution in [0.2, 0.25) is 0 Å². The molecule has 34 heavy (non-hydrogen) atoms. The van der Waals surface area contributed by atoms with Crippen LogP contribution < -0.4 is 5.73 Å². The Morgan fingerprint density at radius 2 is 1.41 bits per heavy atom. The van der Waals surface area contributed by atoms with Crippen molar-refractivity contribution in [3.63, 3.8) is 0 Å². The van der Waals surface area contributed by atoms with E-state index in [1.54, 1.807) is 38.6 Å². The van der Waals surface area contributed by atoms with Crippen molar-refractivity contribution in [1.82, 2.24) is 19.5 Å². The monoisotopic (exact) mass is 481 g/mol. The van der Waals surface area contributed by atoms with Crippen molar-refractivity contribution in [3.8, 4) is 0 Å². The fourth-order valence-corrected chi connectivity index (χ4v) is 2.66. The minimum atomic E-state index is -0.980. The van der Waals surface area contributed by atoms with Crippen LogP contribution in [0.25, 0.3) is 11.2 Å². The third kappa shape index (κ3) is 9.38. The van der Waals surface area contributed by atoms with Gasteiger partial charge in [0.2, 0.25) is 5.95 Å². The first-order valence-corrected chi connectivity index (χ1v) is 10.8. The number of hydrogen-bond acceptors (Lipinski definition) is 12. The Labute approximate surface area is 196 Å². The maximum Gasteiger partial charge on any atom is 0.320 e. The van der Waals surface area contributed by atoms with Gasteiger partial charge < -0.3 is 29.2 Å². The Hall–Kier alpha value is -3.77. The van der Waals surface area contributed by atoms with E-state index >= 15 is 0 Å². The second kappa shape index (κ2) is 15.1. The smallest absolute Gasteiger partial charge is 0.320 e. The van der Waals surface area contributed by atoms with Crippen LogP contribution in [0.5, 0.6) is 0 Å². The van der Waals surface area contributed by atoms with Crippen LogP contribution in [0.15, 0.2) is 12.5 Å². The summed E-state index contributed by atoms with van der Waals surface area (Å²) in [4.78, 5) is 57.2. The molecule has 2 aromatic rings. The summed E-state index contributed by atoms with van der Waals surface area (Å²) in [6, 6.07) is 0. The number of esters is 4. The highest BCUT2D eigenvalue weighted by atomic mass is 16.6. The fraction of sp³-hybridized carbons (Fsp3) is 0.571. The van der Waals surface area contributed by atoms with Crippen molar-refractivity contribution in [2.75, 3.05) is 32.2 Å². The molecule has 2 N–H and O–H groups in total. The molecular weight excluding hydrogens is 450 g/mol. The van der Waals surface area contributed by atoms with E-state index in [0.717, 1.165) is 0 Å². The molecule has 13 heteroatoms. The summed E-state index contributed by atoms with van der Waals surface area (Å²) in [5, 5.41) is 0. The number of aromatic nitrogens is 4. The van der Waals surface area contributed by atoms with Crippen LogP contribution >= 0.6 is 0 Å². The van der Waals surface area contributed by atoms with E-state index in [-0.39, 0.29) is 45.2 Å². The lowest BCUT2D eigenvalue weighted by molar-refractivity contribution is -0.162. The van der Waals surface area contributed by atoms with Gasteiger partial charge in [0.05, 0.1) is 39.0 Å². The second-order valence-electron chi connectivity index (χ2n) is 6.51. The number of anilines is 1. The molecule has 0 atom stereocenters. The molecule has 2 rings (SSSR count). The van der Waals surface area contributed by atoms with Crippen molar-refractivity contribution in [2.24, 2.45) is 5.92 Å². The number of carbonyl (C=O) groups excluding carboxylic acids is 4. The molecule has 0 unspecified atom stereocenters. The van der Waals surface area contributed by atoms with E-state index < -0.39 is 29.8 Å². The number of carbonyl (C=O) groups is 4. The predicted octanol–water partition coefficient (Wildman–Crippen LogP) is 1.04. The number of nitrogens with zero attached hydrogens (tertiary/aromatic N) is 4. The average molecular weight is 482 g/mol. The summed E-state index contributed by atoms with van der Waals surface area (Å²) >= 11 is 0. The van der Waals surface area contributed by atoms with Gasteiger partial charge in [-0.15, -0.1) is 0 Å². The summed E-state index contributed by atoms with van der Waals surface area (Å²) in [7, 11) is 0. The van der Waals surface area contributed by atoms with Crippen LogP contribution in [0.1, 0.15) is 40.5 Å². The normalized spacial score (nSPS) is 10.3. The van der Waals surface area contributed by atoms with Crippen molar-refractivity contribution >= 4 is 41.0 Å². The Bertz CT molecular complexity index is 928. The molecule has 0 radical (unpaired) electrons. The van der Waals surface area contributed by atoms with Crippen LogP contribution in [-0.4, -0.2) is 69.8 Å². The van der Waals surface area contributed by atoms with Gasteiger partial charge in [-0.05, 0) is 34.1 Å². The highest BCUT2D eigenvalue weighted by Gasteiger charge is 2.29. The molecule has 0 bridgehead atoms. The van der Waals surface area contributed by atoms with Crippen LogP contribution in [0.4, 0.5) is 5.95 Å². The lowest BCUT2D eigenvalue weighted by Gasteiger charge is -2.14. The first-order valence-electron chi connectivity index (χ1n) is 10.8. The van der Waals surface area contributed by atoms with Gasteiger partial charge in [0.25, 0.3) is 0 Å². The summed E-state index contributed by atoms with van der Waals surface area (Å²) in [6.07, 6.45) is 3.00. The molecule has 2 heterocycles. The molecule has 0 saturated carbocycles. The van der Waals surface area contributed by atoms with E-state index in [0.29, 0.717) is 17.7 Å². The lowest BCUT2D eigenvalue weighted by Crippen LogP contribution is -2.29. The number of hydrogen-bond donors (Lipinski definition) is 1. The zero-order chi connectivity index (χ0) is 25.5. The number of rotatable bonds is 11. The summed E-state index contributed by atoms with van der Waals surface area (Å²) in [5.74, 6) is -3.11. The average Bonchev–Trinajstić information content (AvgIpc) is 3.17. The van der Waals surface area contributed by atoms with Gasteiger partial charge in [-0.2, -0.15) is 4.98 Å².